The Morgan fingerprint density at radius 3 is 2.04 bits per heavy atom. The third kappa shape index (κ3) is 6.86. The van der Waals surface area contributed by atoms with E-state index in [9.17, 15) is 19.2 Å². The molecular formula is C15H20O10. The first-order chi connectivity index (χ1) is 11.9. The van der Waals surface area contributed by atoms with Crippen LogP contribution in [0.15, 0.2) is 0 Å². The van der Waals surface area contributed by atoms with Gasteiger partial charge in [-0.1, -0.05) is 0 Å². The number of carbonyl (C=O) groups excluding carboxylic acids is 4. The van der Waals surface area contributed by atoms with Gasteiger partial charge in [-0.05, 0) is 19.8 Å². The van der Waals surface area contributed by atoms with Crippen molar-refractivity contribution in [3.8, 4) is 0 Å². The molecule has 0 spiro atoms. The van der Waals surface area contributed by atoms with Gasteiger partial charge in [0.05, 0.1) is 0 Å². The van der Waals surface area contributed by atoms with Crippen LogP contribution in [-0.4, -0.2) is 49.5 Å². The molecule has 0 saturated carbocycles. The Hall–Kier alpha value is -2.52. The van der Waals surface area contributed by atoms with Gasteiger partial charge in [-0.3, -0.25) is 9.59 Å². The second-order valence-corrected chi connectivity index (χ2v) is 5.60. The van der Waals surface area contributed by atoms with Crippen LogP contribution in [0.4, 0.5) is 9.59 Å². The van der Waals surface area contributed by atoms with E-state index in [0.717, 1.165) is 0 Å². The molecule has 3 unspecified atom stereocenters. The monoisotopic (exact) mass is 360 g/mol. The van der Waals surface area contributed by atoms with Crippen molar-refractivity contribution in [3.63, 3.8) is 0 Å². The van der Waals surface area contributed by atoms with Crippen molar-refractivity contribution in [2.45, 2.75) is 64.1 Å². The molecule has 2 fully saturated rings. The van der Waals surface area contributed by atoms with Gasteiger partial charge in [0.15, 0.2) is 0 Å². The summed E-state index contributed by atoms with van der Waals surface area (Å²) in [7, 11) is 0. The third-order valence-corrected chi connectivity index (χ3v) is 3.36. The van der Waals surface area contributed by atoms with E-state index in [-0.39, 0.29) is 19.4 Å². The Morgan fingerprint density at radius 1 is 1.00 bits per heavy atom. The number of carbonyl (C=O) groups is 4. The second kappa shape index (κ2) is 9.09. The van der Waals surface area contributed by atoms with Crippen LogP contribution in [0.2, 0.25) is 0 Å². The van der Waals surface area contributed by atoms with Crippen molar-refractivity contribution in [1.29, 1.82) is 0 Å². The van der Waals surface area contributed by atoms with Crippen LogP contribution in [0.25, 0.3) is 0 Å². The van der Waals surface area contributed by atoms with Gasteiger partial charge in [-0.15, -0.1) is 0 Å². The molecule has 2 heterocycles. The summed E-state index contributed by atoms with van der Waals surface area (Å²) in [4.78, 5) is 45.2. The van der Waals surface area contributed by atoms with E-state index in [1.165, 1.54) is 6.92 Å². The topological polar surface area (TPSA) is 124 Å². The number of rotatable bonds is 5. The lowest BCUT2D eigenvalue weighted by molar-refractivity contribution is -0.184. The predicted octanol–water partition coefficient (Wildman–Crippen LogP) is 1.79. The molecule has 0 aliphatic carbocycles. The van der Waals surface area contributed by atoms with Crippen LogP contribution in [0, 0.1) is 0 Å². The predicted molar refractivity (Wildman–Crippen MR) is 76.9 cm³/mol. The Morgan fingerprint density at radius 2 is 1.52 bits per heavy atom. The molecule has 0 aromatic heterocycles. The molecule has 10 heteroatoms. The molecule has 10 nitrogen and oxygen atoms in total. The van der Waals surface area contributed by atoms with Crippen molar-refractivity contribution in [3.05, 3.63) is 0 Å². The molecule has 0 aromatic rings. The number of ether oxygens (including phenoxy) is 6. The van der Waals surface area contributed by atoms with Gasteiger partial charge in [0.25, 0.3) is 12.6 Å². The van der Waals surface area contributed by atoms with Crippen molar-refractivity contribution >= 4 is 24.2 Å². The van der Waals surface area contributed by atoms with Crippen molar-refractivity contribution in [1.82, 2.24) is 0 Å². The summed E-state index contributed by atoms with van der Waals surface area (Å²) in [5.74, 6) is -0.876. The van der Waals surface area contributed by atoms with Crippen LogP contribution in [0.1, 0.15) is 45.4 Å². The number of hydrogen-bond donors (Lipinski definition) is 0. The standard InChI is InChI=1S/C15H20O10/c1-9(21-15(19)25-13-7-3-5-11(17)23-13)8-20-14(18)24-12-6-2-4-10(16)22-12/h9,12-13H,2-8H2,1H3. The fourth-order valence-corrected chi connectivity index (χ4v) is 2.18. The maximum atomic E-state index is 11.6. The maximum absolute atomic E-state index is 11.6. The first-order valence-electron chi connectivity index (χ1n) is 8.02. The minimum absolute atomic E-state index is 0.279. The summed E-state index contributed by atoms with van der Waals surface area (Å²) in [6.45, 7) is 1.20. The Kier molecular flexibility index (Phi) is 6.84. The summed E-state index contributed by atoms with van der Waals surface area (Å²) < 4.78 is 28.9. The van der Waals surface area contributed by atoms with Gasteiger partial charge in [0.1, 0.15) is 12.7 Å². The van der Waals surface area contributed by atoms with Crippen molar-refractivity contribution in [2.24, 2.45) is 0 Å². The maximum Gasteiger partial charge on any atom is 0.511 e. The SMILES string of the molecule is CC(COC(=O)OC1CCCC(=O)O1)OC(=O)OC1CCCC(=O)O1. The van der Waals surface area contributed by atoms with E-state index in [4.69, 9.17) is 28.4 Å². The molecule has 2 aliphatic rings. The minimum atomic E-state index is -1.04. The second-order valence-electron chi connectivity index (χ2n) is 5.60. The summed E-state index contributed by atoms with van der Waals surface area (Å²) >= 11 is 0. The number of cyclic esters (lactones) is 2. The van der Waals surface area contributed by atoms with Crippen molar-refractivity contribution < 1.29 is 47.6 Å². The molecule has 25 heavy (non-hydrogen) atoms. The highest BCUT2D eigenvalue weighted by molar-refractivity contribution is 5.71. The minimum Gasteiger partial charge on any atom is -0.430 e. The van der Waals surface area contributed by atoms with E-state index in [1.54, 1.807) is 0 Å². The number of hydrogen-bond acceptors (Lipinski definition) is 10. The summed E-state index contributed by atoms with van der Waals surface area (Å²) in [5, 5.41) is 0. The molecule has 2 saturated heterocycles. The molecule has 0 N–H and O–H groups in total. The third-order valence-electron chi connectivity index (χ3n) is 3.36. The first kappa shape index (κ1) is 18.8. The highest BCUT2D eigenvalue weighted by Crippen LogP contribution is 2.17. The smallest absolute Gasteiger partial charge is 0.430 e. The average Bonchev–Trinajstić information content (AvgIpc) is 2.53. The van der Waals surface area contributed by atoms with Gasteiger partial charge < -0.3 is 28.4 Å². The Balaban J connectivity index is 1.61. The van der Waals surface area contributed by atoms with Crippen LogP contribution in [0.3, 0.4) is 0 Å². The molecular weight excluding hydrogens is 340 g/mol. The molecule has 0 bridgehead atoms. The zero-order valence-corrected chi connectivity index (χ0v) is 13.8. The summed E-state index contributed by atoms with van der Waals surface area (Å²) in [6.07, 6.45) is -2.30. The number of esters is 2. The molecule has 140 valence electrons. The largest absolute Gasteiger partial charge is 0.511 e. The van der Waals surface area contributed by atoms with Gasteiger partial charge >= 0.3 is 24.2 Å². The normalized spacial score (nSPS) is 24.4. The van der Waals surface area contributed by atoms with Crippen LogP contribution in [-0.2, 0) is 38.0 Å². The summed E-state index contributed by atoms with van der Waals surface area (Å²) in [5.41, 5.74) is 0. The molecule has 0 radical (unpaired) electrons. The van der Waals surface area contributed by atoms with Gasteiger partial charge in [0.2, 0.25) is 0 Å². The fourth-order valence-electron chi connectivity index (χ4n) is 2.18. The molecule has 0 aromatic carbocycles. The van der Waals surface area contributed by atoms with E-state index in [1.807, 2.05) is 0 Å². The Bertz CT molecular complexity index is 516. The van der Waals surface area contributed by atoms with Gasteiger partial charge in [-0.25, -0.2) is 9.59 Å². The van der Waals surface area contributed by atoms with Crippen LogP contribution in [0.5, 0.6) is 0 Å². The molecule has 0 amide bonds. The molecule has 2 aliphatic heterocycles. The van der Waals surface area contributed by atoms with Crippen LogP contribution < -0.4 is 0 Å². The molecule has 2 rings (SSSR count). The molecule has 3 atom stereocenters. The average molecular weight is 360 g/mol. The highest BCUT2D eigenvalue weighted by Gasteiger charge is 2.27. The van der Waals surface area contributed by atoms with E-state index in [2.05, 4.69) is 0 Å². The lowest BCUT2D eigenvalue weighted by Crippen LogP contribution is -2.32. The fraction of sp³-hybridized carbons (Fsp3) is 0.733. The van der Waals surface area contributed by atoms with E-state index in [0.29, 0.717) is 25.7 Å². The first-order valence-corrected chi connectivity index (χ1v) is 8.02. The highest BCUT2D eigenvalue weighted by atomic mass is 16.8. The summed E-state index contributed by atoms with van der Waals surface area (Å²) in [6, 6.07) is 0. The zero-order chi connectivity index (χ0) is 18.2. The van der Waals surface area contributed by atoms with Gasteiger partial charge in [-0.2, -0.15) is 0 Å². The zero-order valence-electron chi connectivity index (χ0n) is 13.8. The van der Waals surface area contributed by atoms with E-state index < -0.39 is 42.9 Å². The van der Waals surface area contributed by atoms with Crippen molar-refractivity contribution in [2.75, 3.05) is 6.61 Å². The van der Waals surface area contributed by atoms with Crippen LogP contribution >= 0.6 is 0 Å². The lowest BCUT2D eigenvalue weighted by atomic mass is 10.2. The quantitative estimate of drug-likeness (QED) is 0.529. The lowest BCUT2D eigenvalue weighted by Gasteiger charge is -2.23. The van der Waals surface area contributed by atoms with E-state index >= 15 is 0 Å². The Labute approximate surface area is 143 Å². The van der Waals surface area contributed by atoms with Gasteiger partial charge in [0, 0.05) is 25.7 Å².